The molecule has 4 aromatic rings. The summed E-state index contributed by atoms with van der Waals surface area (Å²) in [6.45, 7) is 0. The molecule has 0 fully saturated rings. The lowest BCUT2D eigenvalue weighted by molar-refractivity contribution is 1.59. The van der Waals surface area contributed by atoms with Gasteiger partial charge in [0.2, 0.25) is 0 Å². The maximum atomic E-state index is 2.31. The summed E-state index contributed by atoms with van der Waals surface area (Å²) in [4.78, 5) is 1.31. The van der Waals surface area contributed by atoms with Crippen molar-refractivity contribution >= 4 is 11.3 Å². The predicted octanol–water partition coefficient (Wildman–Crippen LogP) is 6.75. The zero-order valence-electron chi connectivity index (χ0n) is 12.6. The highest BCUT2D eigenvalue weighted by Gasteiger charge is 2.10. The minimum absolute atomic E-state index is 1.25. The summed E-state index contributed by atoms with van der Waals surface area (Å²) in [7, 11) is 0. The fourth-order valence-electron chi connectivity index (χ4n) is 2.86. The highest BCUT2D eigenvalue weighted by molar-refractivity contribution is 7.13. The summed E-state index contributed by atoms with van der Waals surface area (Å²) in [5.41, 5.74) is 6.36. The molecule has 3 aromatic carbocycles. The molecule has 1 aromatic heterocycles. The Morgan fingerprint density at radius 1 is 0.478 bits per heavy atom. The van der Waals surface area contributed by atoms with E-state index in [9.17, 15) is 0 Å². The highest BCUT2D eigenvalue weighted by Crippen LogP contribution is 2.37. The van der Waals surface area contributed by atoms with Gasteiger partial charge in [-0.1, -0.05) is 78.9 Å². The van der Waals surface area contributed by atoms with E-state index < -0.39 is 0 Å². The molecule has 4 rings (SSSR count). The Morgan fingerprint density at radius 3 is 1.83 bits per heavy atom. The Hall–Kier alpha value is -2.64. The van der Waals surface area contributed by atoms with Crippen LogP contribution in [0.1, 0.15) is 0 Å². The van der Waals surface area contributed by atoms with Crippen molar-refractivity contribution in [1.82, 2.24) is 0 Å². The number of hydrogen-bond acceptors (Lipinski definition) is 1. The molecule has 0 bridgehead atoms. The molecule has 0 aliphatic rings. The molecule has 0 aliphatic carbocycles. The largest absolute Gasteiger partial charge is 0.144 e. The molecule has 23 heavy (non-hydrogen) atoms. The molecule has 0 atom stereocenters. The highest BCUT2D eigenvalue weighted by atomic mass is 32.1. The third-order valence-electron chi connectivity index (χ3n) is 4.00. The maximum Gasteiger partial charge on any atom is 0.0349 e. The van der Waals surface area contributed by atoms with Crippen LogP contribution in [0, 0.1) is 0 Å². The molecule has 1 heterocycles. The fraction of sp³-hybridized carbons (Fsp3) is 0. The third kappa shape index (κ3) is 2.84. The Balaban J connectivity index is 1.91. The van der Waals surface area contributed by atoms with Crippen molar-refractivity contribution in [2.75, 3.05) is 0 Å². The van der Waals surface area contributed by atoms with Crippen LogP contribution in [0.5, 0.6) is 0 Å². The normalized spacial score (nSPS) is 10.6. The summed E-state index contributed by atoms with van der Waals surface area (Å²) >= 11 is 1.79. The van der Waals surface area contributed by atoms with Crippen LogP contribution < -0.4 is 0 Å². The van der Waals surface area contributed by atoms with E-state index in [4.69, 9.17) is 0 Å². The zero-order valence-corrected chi connectivity index (χ0v) is 13.5. The zero-order chi connectivity index (χ0) is 15.5. The minimum atomic E-state index is 1.25. The molecule has 0 aliphatic heterocycles. The first kappa shape index (κ1) is 14.0. The first-order valence-corrected chi connectivity index (χ1v) is 8.58. The van der Waals surface area contributed by atoms with Gasteiger partial charge >= 0.3 is 0 Å². The van der Waals surface area contributed by atoms with Gasteiger partial charge in [0.05, 0.1) is 0 Å². The Bertz CT molecular complexity index is 891. The average molecular weight is 312 g/mol. The molecule has 0 unspecified atom stereocenters. The van der Waals surface area contributed by atoms with E-state index in [1.165, 1.54) is 32.7 Å². The molecular weight excluding hydrogens is 296 g/mol. The van der Waals surface area contributed by atoms with E-state index >= 15 is 0 Å². The van der Waals surface area contributed by atoms with E-state index in [1.807, 2.05) is 0 Å². The number of rotatable bonds is 3. The standard InChI is InChI=1S/C22H16S/c1-3-8-17(9-4-1)19-13-14-20(18-10-5-2-6-11-18)21(16-19)22-12-7-15-23-22/h1-16H. The number of thiophene rings is 1. The van der Waals surface area contributed by atoms with Gasteiger partial charge < -0.3 is 0 Å². The Labute approximate surface area is 140 Å². The molecule has 0 spiro atoms. The van der Waals surface area contributed by atoms with Crippen LogP contribution in [0.25, 0.3) is 32.7 Å². The predicted molar refractivity (Wildman–Crippen MR) is 101 cm³/mol. The maximum absolute atomic E-state index is 2.31. The van der Waals surface area contributed by atoms with Crippen LogP contribution in [0.15, 0.2) is 96.4 Å². The minimum Gasteiger partial charge on any atom is -0.144 e. The van der Waals surface area contributed by atoms with Gasteiger partial charge in [0.15, 0.2) is 0 Å². The average Bonchev–Trinajstić information content (AvgIpc) is 3.17. The van der Waals surface area contributed by atoms with Crippen LogP contribution in [-0.4, -0.2) is 0 Å². The molecule has 0 saturated heterocycles. The Morgan fingerprint density at radius 2 is 1.17 bits per heavy atom. The summed E-state index contributed by atoms with van der Waals surface area (Å²) in [6.07, 6.45) is 0. The van der Waals surface area contributed by atoms with E-state index in [0.29, 0.717) is 0 Å². The monoisotopic (exact) mass is 312 g/mol. The van der Waals surface area contributed by atoms with Crippen molar-refractivity contribution in [3.8, 4) is 32.7 Å². The summed E-state index contributed by atoms with van der Waals surface area (Å²) in [5, 5.41) is 2.14. The molecule has 0 radical (unpaired) electrons. The van der Waals surface area contributed by atoms with Gasteiger partial charge in [0.1, 0.15) is 0 Å². The van der Waals surface area contributed by atoms with Crippen molar-refractivity contribution < 1.29 is 0 Å². The lowest BCUT2D eigenvalue weighted by Gasteiger charge is -2.11. The molecule has 110 valence electrons. The van der Waals surface area contributed by atoms with Crippen molar-refractivity contribution in [2.45, 2.75) is 0 Å². The van der Waals surface area contributed by atoms with E-state index in [2.05, 4.69) is 96.4 Å². The summed E-state index contributed by atoms with van der Waals surface area (Å²) in [6, 6.07) is 32.2. The van der Waals surface area contributed by atoms with Crippen LogP contribution in [0.2, 0.25) is 0 Å². The molecule has 0 amide bonds. The molecule has 0 N–H and O–H groups in total. The van der Waals surface area contributed by atoms with Gasteiger partial charge in [0.25, 0.3) is 0 Å². The van der Waals surface area contributed by atoms with Crippen molar-refractivity contribution in [2.24, 2.45) is 0 Å². The summed E-state index contributed by atoms with van der Waals surface area (Å²) in [5.74, 6) is 0. The Kier molecular flexibility index (Phi) is 3.79. The topological polar surface area (TPSA) is 0 Å². The van der Waals surface area contributed by atoms with Crippen molar-refractivity contribution in [1.29, 1.82) is 0 Å². The number of hydrogen-bond donors (Lipinski definition) is 0. The van der Waals surface area contributed by atoms with Gasteiger partial charge in [-0.25, -0.2) is 0 Å². The smallest absolute Gasteiger partial charge is 0.0349 e. The third-order valence-corrected chi connectivity index (χ3v) is 4.90. The fourth-order valence-corrected chi connectivity index (χ4v) is 3.62. The van der Waals surface area contributed by atoms with E-state index in [-0.39, 0.29) is 0 Å². The van der Waals surface area contributed by atoms with Crippen LogP contribution in [0.4, 0.5) is 0 Å². The van der Waals surface area contributed by atoms with Crippen LogP contribution in [-0.2, 0) is 0 Å². The van der Waals surface area contributed by atoms with Gasteiger partial charge in [-0.3, -0.25) is 0 Å². The second kappa shape index (κ2) is 6.23. The second-order valence-corrected chi connectivity index (χ2v) is 6.42. The van der Waals surface area contributed by atoms with E-state index in [0.717, 1.165) is 0 Å². The first-order valence-electron chi connectivity index (χ1n) is 7.70. The first-order chi connectivity index (χ1) is 11.4. The SMILES string of the molecule is c1ccc(-c2ccc(-c3ccccc3)c(-c3cccs3)c2)cc1. The lowest BCUT2D eigenvalue weighted by atomic mass is 9.94. The van der Waals surface area contributed by atoms with Gasteiger partial charge in [-0.15, -0.1) is 11.3 Å². The molecule has 1 heteroatoms. The molecular formula is C22H16S. The molecule has 0 nitrogen and oxygen atoms in total. The van der Waals surface area contributed by atoms with Crippen molar-refractivity contribution in [3.63, 3.8) is 0 Å². The van der Waals surface area contributed by atoms with Crippen LogP contribution >= 0.6 is 11.3 Å². The van der Waals surface area contributed by atoms with Gasteiger partial charge in [0, 0.05) is 10.4 Å². The quantitative estimate of drug-likeness (QED) is 0.392. The van der Waals surface area contributed by atoms with E-state index in [1.54, 1.807) is 11.3 Å². The van der Waals surface area contributed by atoms with Crippen LogP contribution in [0.3, 0.4) is 0 Å². The van der Waals surface area contributed by atoms with Gasteiger partial charge in [-0.05, 0) is 39.8 Å². The summed E-state index contributed by atoms with van der Waals surface area (Å²) < 4.78 is 0. The number of benzene rings is 3. The second-order valence-electron chi connectivity index (χ2n) is 5.47. The van der Waals surface area contributed by atoms with Crippen molar-refractivity contribution in [3.05, 3.63) is 96.4 Å². The molecule has 0 saturated carbocycles. The van der Waals surface area contributed by atoms with Gasteiger partial charge in [-0.2, -0.15) is 0 Å². The lowest BCUT2D eigenvalue weighted by Crippen LogP contribution is -1.85.